The van der Waals surface area contributed by atoms with Gasteiger partial charge in [0.25, 0.3) is 0 Å². The first-order chi connectivity index (χ1) is 13.9. The van der Waals surface area contributed by atoms with E-state index >= 15 is 0 Å². The number of esters is 2. The van der Waals surface area contributed by atoms with Crippen molar-refractivity contribution in [3.05, 3.63) is 59.9 Å². The maximum Gasteiger partial charge on any atom is 0.343 e. The lowest BCUT2D eigenvalue weighted by Gasteiger charge is -2.34. The fourth-order valence-corrected chi connectivity index (χ4v) is 3.49. The van der Waals surface area contributed by atoms with Crippen LogP contribution in [-0.2, 0) is 11.2 Å². The molecule has 0 saturated heterocycles. The van der Waals surface area contributed by atoms with Crippen molar-refractivity contribution in [1.29, 1.82) is 0 Å². The van der Waals surface area contributed by atoms with Crippen molar-refractivity contribution in [2.24, 2.45) is 0 Å². The van der Waals surface area contributed by atoms with Crippen LogP contribution in [-0.4, -0.2) is 22.5 Å². The van der Waals surface area contributed by atoms with Gasteiger partial charge in [0.2, 0.25) is 0 Å². The highest BCUT2D eigenvalue weighted by atomic mass is 16.6. The molecule has 1 aliphatic rings. The van der Waals surface area contributed by atoms with Crippen LogP contribution in [0.3, 0.4) is 0 Å². The van der Waals surface area contributed by atoms with Crippen LogP contribution >= 0.6 is 0 Å². The van der Waals surface area contributed by atoms with Crippen molar-refractivity contribution in [2.75, 3.05) is 0 Å². The summed E-state index contributed by atoms with van der Waals surface area (Å²) >= 11 is 0. The molecule has 0 spiro atoms. The molecule has 1 aliphatic heterocycles. The molecule has 0 unspecified atom stereocenters. The Labute approximate surface area is 168 Å². The predicted octanol–water partition coefficient (Wildman–Crippen LogP) is 4.48. The molecule has 0 atom stereocenters. The highest BCUT2D eigenvalue weighted by molar-refractivity contribution is 6.01. The summed E-state index contributed by atoms with van der Waals surface area (Å²) in [5.74, 6) is 0.0806. The largest absolute Gasteiger partial charge is 0.487 e. The van der Waals surface area contributed by atoms with E-state index in [1.165, 1.54) is 19.3 Å². The summed E-state index contributed by atoms with van der Waals surface area (Å²) in [6, 6.07) is 10.6. The standard InChI is InChI=1S/C23H21NO5/c1-14(25)27-21-18-8-11-23(2,3)29-19(18)16-6-4-5-7-17(16)20(21)28-22(26)15-9-12-24-13-10-15/h4-7,9-10,12-13H,8,11H2,1-3H3. The molecule has 0 aliphatic carbocycles. The van der Waals surface area contributed by atoms with Gasteiger partial charge >= 0.3 is 11.9 Å². The summed E-state index contributed by atoms with van der Waals surface area (Å²) < 4.78 is 17.6. The molecule has 0 radical (unpaired) electrons. The van der Waals surface area contributed by atoms with Crippen LogP contribution < -0.4 is 14.2 Å². The van der Waals surface area contributed by atoms with E-state index in [0.29, 0.717) is 23.1 Å². The van der Waals surface area contributed by atoms with Crippen molar-refractivity contribution >= 4 is 22.7 Å². The molecule has 4 rings (SSSR count). The molecule has 0 fully saturated rings. The smallest absolute Gasteiger partial charge is 0.343 e. The molecular formula is C23H21NO5. The zero-order valence-corrected chi connectivity index (χ0v) is 16.5. The number of fused-ring (bicyclic) bond motifs is 3. The fraction of sp³-hybridized carbons (Fsp3) is 0.261. The number of hydrogen-bond acceptors (Lipinski definition) is 6. The highest BCUT2D eigenvalue weighted by Gasteiger charge is 2.34. The topological polar surface area (TPSA) is 74.7 Å². The van der Waals surface area contributed by atoms with Crippen molar-refractivity contribution in [1.82, 2.24) is 4.98 Å². The van der Waals surface area contributed by atoms with Gasteiger partial charge < -0.3 is 14.2 Å². The summed E-state index contributed by atoms with van der Waals surface area (Å²) in [7, 11) is 0. The van der Waals surface area contributed by atoms with Gasteiger partial charge in [-0.05, 0) is 38.8 Å². The number of nitrogens with zero attached hydrogens (tertiary/aromatic N) is 1. The van der Waals surface area contributed by atoms with Gasteiger partial charge in [0.05, 0.1) is 5.56 Å². The van der Waals surface area contributed by atoms with Crippen LogP contribution in [0, 0.1) is 0 Å². The van der Waals surface area contributed by atoms with Crippen LogP contribution in [0.2, 0.25) is 0 Å². The molecule has 0 bridgehead atoms. The van der Waals surface area contributed by atoms with Crippen molar-refractivity contribution < 1.29 is 23.8 Å². The molecule has 29 heavy (non-hydrogen) atoms. The van der Waals surface area contributed by atoms with Crippen molar-refractivity contribution in [2.45, 2.75) is 39.2 Å². The lowest BCUT2D eigenvalue weighted by Crippen LogP contribution is -2.33. The van der Waals surface area contributed by atoms with E-state index in [4.69, 9.17) is 14.2 Å². The monoisotopic (exact) mass is 391 g/mol. The second-order valence-corrected chi connectivity index (χ2v) is 7.59. The molecule has 3 aromatic rings. The molecule has 2 heterocycles. The molecule has 148 valence electrons. The van der Waals surface area contributed by atoms with Crippen LogP contribution in [0.4, 0.5) is 0 Å². The van der Waals surface area contributed by atoms with E-state index in [1.807, 2.05) is 38.1 Å². The lowest BCUT2D eigenvalue weighted by molar-refractivity contribution is -0.132. The van der Waals surface area contributed by atoms with E-state index in [9.17, 15) is 9.59 Å². The SMILES string of the molecule is CC(=O)Oc1c2c(c3ccccc3c1OC(=O)c1ccncc1)OC(C)(C)CC2. The number of benzene rings is 2. The van der Waals surface area contributed by atoms with Gasteiger partial charge in [-0.25, -0.2) is 4.79 Å². The van der Waals surface area contributed by atoms with E-state index < -0.39 is 11.9 Å². The summed E-state index contributed by atoms with van der Waals surface area (Å²) in [5.41, 5.74) is 0.738. The number of aromatic nitrogens is 1. The molecule has 0 amide bonds. The Morgan fingerprint density at radius 1 is 1.00 bits per heavy atom. The second-order valence-electron chi connectivity index (χ2n) is 7.59. The fourth-order valence-electron chi connectivity index (χ4n) is 3.49. The van der Waals surface area contributed by atoms with Crippen LogP contribution in [0.1, 0.15) is 43.1 Å². The summed E-state index contributed by atoms with van der Waals surface area (Å²) in [6.45, 7) is 5.37. The Morgan fingerprint density at radius 2 is 1.69 bits per heavy atom. The Bertz CT molecular complexity index is 1110. The van der Waals surface area contributed by atoms with Crippen LogP contribution in [0.15, 0.2) is 48.8 Å². The summed E-state index contributed by atoms with van der Waals surface area (Å²) in [4.78, 5) is 28.5. The van der Waals surface area contributed by atoms with Gasteiger partial charge in [0.15, 0.2) is 11.5 Å². The minimum atomic E-state index is -0.553. The first-order valence-electron chi connectivity index (χ1n) is 9.43. The normalized spacial score (nSPS) is 14.6. The van der Waals surface area contributed by atoms with Gasteiger partial charge in [-0.2, -0.15) is 0 Å². The molecule has 0 N–H and O–H groups in total. The number of ether oxygens (including phenoxy) is 3. The number of carbonyl (C=O) groups excluding carboxylic acids is 2. The Morgan fingerprint density at radius 3 is 2.38 bits per heavy atom. The Balaban J connectivity index is 1.93. The average molecular weight is 391 g/mol. The average Bonchev–Trinajstić information content (AvgIpc) is 2.70. The van der Waals surface area contributed by atoms with E-state index in [-0.39, 0.29) is 17.1 Å². The third-order valence-electron chi connectivity index (χ3n) is 4.88. The van der Waals surface area contributed by atoms with Gasteiger partial charge in [-0.15, -0.1) is 0 Å². The molecule has 6 heteroatoms. The minimum absolute atomic E-state index is 0.222. The summed E-state index contributed by atoms with van der Waals surface area (Å²) in [5, 5.41) is 1.45. The third-order valence-corrected chi connectivity index (χ3v) is 4.88. The van der Waals surface area contributed by atoms with Gasteiger partial charge in [-0.3, -0.25) is 9.78 Å². The maximum absolute atomic E-state index is 12.7. The predicted molar refractivity (Wildman–Crippen MR) is 107 cm³/mol. The Hall–Kier alpha value is -3.41. The van der Waals surface area contributed by atoms with Gasteiger partial charge in [-0.1, -0.05) is 24.3 Å². The third kappa shape index (κ3) is 3.66. The number of hydrogen-bond donors (Lipinski definition) is 0. The molecular weight excluding hydrogens is 370 g/mol. The first kappa shape index (κ1) is 18.9. The van der Waals surface area contributed by atoms with Gasteiger partial charge in [0, 0.05) is 35.7 Å². The number of carbonyl (C=O) groups is 2. The van der Waals surface area contributed by atoms with Gasteiger partial charge in [0.1, 0.15) is 11.4 Å². The molecule has 0 saturated carbocycles. The highest BCUT2D eigenvalue weighted by Crippen LogP contribution is 2.50. The quantitative estimate of drug-likeness (QED) is 0.484. The number of pyridine rings is 1. The molecule has 2 aromatic carbocycles. The zero-order chi connectivity index (χ0) is 20.6. The zero-order valence-electron chi connectivity index (χ0n) is 16.5. The lowest BCUT2D eigenvalue weighted by atomic mass is 9.91. The second kappa shape index (κ2) is 7.20. The van der Waals surface area contributed by atoms with Crippen LogP contribution in [0.5, 0.6) is 17.2 Å². The minimum Gasteiger partial charge on any atom is -0.487 e. The van der Waals surface area contributed by atoms with Crippen LogP contribution in [0.25, 0.3) is 10.8 Å². The molecule has 1 aromatic heterocycles. The maximum atomic E-state index is 12.7. The molecule has 6 nitrogen and oxygen atoms in total. The number of rotatable bonds is 3. The van der Waals surface area contributed by atoms with Crippen molar-refractivity contribution in [3.8, 4) is 17.2 Å². The van der Waals surface area contributed by atoms with Crippen molar-refractivity contribution in [3.63, 3.8) is 0 Å². The Kier molecular flexibility index (Phi) is 4.70. The summed E-state index contributed by atoms with van der Waals surface area (Å²) in [6.07, 6.45) is 4.41. The van der Waals surface area contributed by atoms with E-state index in [0.717, 1.165) is 17.4 Å². The van der Waals surface area contributed by atoms with E-state index in [2.05, 4.69) is 4.98 Å². The van der Waals surface area contributed by atoms with E-state index in [1.54, 1.807) is 12.1 Å². The first-order valence-corrected chi connectivity index (χ1v) is 9.43.